The van der Waals surface area contributed by atoms with Crippen LogP contribution in [0.2, 0.25) is 0 Å². The van der Waals surface area contributed by atoms with E-state index in [9.17, 15) is 8.42 Å². The maximum absolute atomic E-state index is 12.0. The molecule has 7 heteroatoms. The van der Waals surface area contributed by atoms with Crippen molar-refractivity contribution in [2.24, 2.45) is 5.14 Å². The van der Waals surface area contributed by atoms with Gasteiger partial charge < -0.3 is 4.57 Å². The third-order valence-electron chi connectivity index (χ3n) is 3.97. The smallest absolute Gasteiger partial charge is 0.248 e. The third kappa shape index (κ3) is 4.36. The highest BCUT2D eigenvalue weighted by molar-refractivity contribution is 7.91. The number of sulfonamides is 1. The molecule has 3 rings (SSSR count). The molecule has 25 heavy (non-hydrogen) atoms. The fourth-order valence-corrected chi connectivity index (χ4v) is 4.91. The van der Waals surface area contributed by atoms with Crippen LogP contribution in [0.25, 0.3) is 11.1 Å². The van der Waals surface area contributed by atoms with Crippen molar-refractivity contribution < 1.29 is 8.42 Å². The zero-order chi connectivity index (χ0) is 17.9. The molecule has 3 aromatic rings. The minimum Gasteiger partial charge on any atom is -0.333 e. The number of aryl methyl sites for hydroxylation is 1. The van der Waals surface area contributed by atoms with E-state index in [4.69, 9.17) is 5.14 Å². The lowest BCUT2D eigenvalue weighted by atomic mass is 10.1. The van der Waals surface area contributed by atoms with E-state index in [2.05, 4.69) is 11.9 Å². The zero-order valence-corrected chi connectivity index (χ0v) is 15.7. The summed E-state index contributed by atoms with van der Waals surface area (Å²) in [5, 5.41) is 5.43. The van der Waals surface area contributed by atoms with E-state index in [1.807, 2.05) is 41.1 Å². The van der Waals surface area contributed by atoms with Crippen LogP contribution in [0.4, 0.5) is 0 Å². The summed E-state index contributed by atoms with van der Waals surface area (Å²) in [5.41, 5.74) is 2.70. The number of unbranched alkanes of at least 4 members (excludes halogenated alkanes) is 1. The molecule has 0 radical (unpaired) electrons. The minimum atomic E-state index is -3.73. The summed E-state index contributed by atoms with van der Waals surface area (Å²) in [5.74, 6) is 0. The van der Waals surface area contributed by atoms with Crippen LogP contribution in [0, 0.1) is 0 Å². The number of nitrogens with zero attached hydrogens (tertiary/aromatic N) is 2. The Labute approximate surface area is 152 Å². The predicted molar refractivity (Wildman–Crippen MR) is 101 cm³/mol. The number of thiophene rings is 1. The quantitative estimate of drug-likeness (QED) is 0.685. The number of imidazole rings is 1. The van der Waals surface area contributed by atoms with Crippen molar-refractivity contribution in [3.05, 3.63) is 59.5 Å². The topological polar surface area (TPSA) is 78.0 Å². The Kier molecular flexibility index (Phi) is 5.36. The van der Waals surface area contributed by atoms with Crippen LogP contribution < -0.4 is 5.14 Å². The Balaban J connectivity index is 1.90. The van der Waals surface area contributed by atoms with Gasteiger partial charge in [0.2, 0.25) is 10.0 Å². The number of rotatable bonds is 7. The Hall–Kier alpha value is -1.96. The number of benzene rings is 1. The number of hydrogen-bond donors (Lipinski definition) is 1. The maximum atomic E-state index is 12.0. The van der Waals surface area contributed by atoms with Crippen molar-refractivity contribution in [3.8, 4) is 11.1 Å². The molecule has 0 aliphatic rings. The second-order valence-corrected chi connectivity index (χ2v) is 8.89. The zero-order valence-electron chi connectivity index (χ0n) is 14.1. The molecular weight excluding hydrogens is 354 g/mol. The lowest BCUT2D eigenvalue weighted by molar-refractivity contribution is 0.600. The molecule has 2 heterocycles. The van der Waals surface area contributed by atoms with Crippen LogP contribution in [0.15, 0.2) is 53.3 Å². The molecule has 0 aliphatic heterocycles. The molecule has 1 aromatic carbocycles. The van der Waals surface area contributed by atoms with Crippen LogP contribution in [0.1, 0.15) is 30.2 Å². The number of hydrogen-bond acceptors (Lipinski definition) is 4. The highest BCUT2D eigenvalue weighted by Gasteiger charge is 2.19. The molecule has 0 spiro atoms. The predicted octanol–water partition coefficient (Wildman–Crippen LogP) is 3.65. The van der Waals surface area contributed by atoms with Crippen molar-refractivity contribution >= 4 is 21.4 Å². The van der Waals surface area contributed by atoms with Gasteiger partial charge in [-0.25, -0.2) is 18.5 Å². The van der Waals surface area contributed by atoms with Crippen LogP contribution in [-0.2, 0) is 23.0 Å². The van der Waals surface area contributed by atoms with E-state index in [-0.39, 0.29) is 4.21 Å². The first-order valence-corrected chi connectivity index (χ1v) is 10.5. The lowest BCUT2D eigenvalue weighted by Gasteiger charge is -2.05. The summed E-state index contributed by atoms with van der Waals surface area (Å²) in [6.07, 6.45) is 8.41. The molecule has 0 saturated carbocycles. The van der Waals surface area contributed by atoms with Gasteiger partial charge in [-0.15, -0.1) is 11.3 Å². The van der Waals surface area contributed by atoms with Crippen LogP contribution in [0.5, 0.6) is 0 Å². The van der Waals surface area contributed by atoms with Gasteiger partial charge in [-0.05, 0) is 30.0 Å². The fraction of sp³-hybridized carbons (Fsp3) is 0.278. The lowest BCUT2D eigenvalue weighted by Crippen LogP contribution is -2.11. The molecule has 0 saturated heterocycles. The van der Waals surface area contributed by atoms with Crippen LogP contribution in [0.3, 0.4) is 0 Å². The van der Waals surface area contributed by atoms with Crippen LogP contribution in [-0.4, -0.2) is 18.0 Å². The number of aromatic nitrogens is 2. The summed E-state index contributed by atoms with van der Waals surface area (Å²) in [4.78, 5) is 5.09. The molecule has 2 aromatic heterocycles. The van der Waals surface area contributed by atoms with E-state index in [1.165, 1.54) is 11.3 Å². The highest BCUT2D eigenvalue weighted by Crippen LogP contribution is 2.35. The summed E-state index contributed by atoms with van der Waals surface area (Å²) in [7, 11) is -3.73. The Morgan fingerprint density at radius 2 is 2.00 bits per heavy atom. The average molecular weight is 376 g/mol. The van der Waals surface area contributed by atoms with Gasteiger partial charge in [-0.1, -0.05) is 37.6 Å². The first-order valence-electron chi connectivity index (χ1n) is 8.18. The second kappa shape index (κ2) is 7.51. The van der Waals surface area contributed by atoms with Crippen molar-refractivity contribution in [2.75, 3.05) is 0 Å². The van der Waals surface area contributed by atoms with E-state index >= 15 is 0 Å². The first-order chi connectivity index (χ1) is 12.0. The van der Waals surface area contributed by atoms with Gasteiger partial charge in [-0.3, -0.25) is 0 Å². The Morgan fingerprint density at radius 3 is 2.60 bits per heavy atom. The average Bonchev–Trinajstić information content (AvgIpc) is 3.23. The minimum absolute atomic E-state index is 0.251. The Bertz CT molecular complexity index is 927. The van der Waals surface area contributed by atoms with E-state index in [1.54, 1.807) is 12.5 Å². The van der Waals surface area contributed by atoms with E-state index in [0.717, 1.165) is 41.8 Å². The van der Waals surface area contributed by atoms with Crippen molar-refractivity contribution in [1.29, 1.82) is 0 Å². The third-order valence-corrected chi connectivity index (χ3v) is 6.65. The van der Waals surface area contributed by atoms with Gasteiger partial charge >= 0.3 is 0 Å². The van der Waals surface area contributed by atoms with Crippen molar-refractivity contribution in [1.82, 2.24) is 9.55 Å². The fourth-order valence-electron chi connectivity index (χ4n) is 2.69. The van der Waals surface area contributed by atoms with E-state index in [0.29, 0.717) is 5.56 Å². The van der Waals surface area contributed by atoms with Gasteiger partial charge in [0.05, 0.1) is 6.33 Å². The first kappa shape index (κ1) is 17.8. The second-order valence-electron chi connectivity index (χ2n) is 5.99. The van der Waals surface area contributed by atoms with Crippen LogP contribution >= 0.6 is 11.3 Å². The molecule has 5 nitrogen and oxygen atoms in total. The normalized spacial score (nSPS) is 11.8. The molecule has 0 aliphatic carbocycles. The summed E-state index contributed by atoms with van der Waals surface area (Å²) in [6, 6.07) is 9.88. The molecule has 0 bridgehead atoms. The summed E-state index contributed by atoms with van der Waals surface area (Å²) in [6.45, 7) is 2.85. The Morgan fingerprint density at radius 1 is 1.24 bits per heavy atom. The largest absolute Gasteiger partial charge is 0.333 e. The van der Waals surface area contributed by atoms with Gasteiger partial charge in [0.15, 0.2) is 0 Å². The SMILES string of the molecule is CCCCc1cc(-c2ccc(Cn3ccnc3)cc2)c(S(N)(=O)=O)s1. The summed E-state index contributed by atoms with van der Waals surface area (Å²) < 4.78 is 26.2. The molecule has 0 fully saturated rings. The van der Waals surface area contributed by atoms with Crippen molar-refractivity contribution in [2.45, 2.75) is 36.9 Å². The molecule has 0 atom stereocenters. The van der Waals surface area contributed by atoms with Gasteiger partial charge in [0.1, 0.15) is 4.21 Å². The maximum Gasteiger partial charge on any atom is 0.248 e. The molecule has 0 amide bonds. The molecule has 132 valence electrons. The van der Waals surface area contributed by atoms with E-state index < -0.39 is 10.0 Å². The number of nitrogens with two attached hydrogens (primary N) is 1. The molecular formula is C18H21N3O2S2. The number of primary sulfonamides is 1. The molecule has 2 N–H and O–H groups in total. The van der Waals surface area contributed by atoms with Gasteiger partial charge in [-0.2, -0.15) is 0 Å². The van der Waals surface area contributed by atoms with Gasteiger partial charge in [0.25, 0.3) is 0 Å². The highest BCUT2D eigenvalue weighted by atomic mass is 32.2. The standard InChI is InChI=1S/C18H21N3O2S2/c1-2-3-4-16-11-17(18(24-16)25(19,22)23)15-7-5-14(6-8-15)12-21-10-9-20-13-21/h5-11,13H,2-4,12H2,1H3,(H2,19,22,23). The summed E-state index contributed by atoms with van der Waals surface area (Å²) >= 11 is 1.28. The van der Waals surface area contributed by atoms with Gasteiger partial charge in [0, 0.05) is 29.4 Å². The van der Waals surface area contributed by atoms with Crippen molar-refractivity contribution in [3.63, 3.8) is 0 Å². The monoisotopic (exact) mass is 375 g/mol. The molecule has 0 unspecified atom stereocenters.